The lowest BCUT2D eigenvalue weighted by molar-refractivity contribution is 0.482. The Morgan fingerprint density at radius 1 is 1.29 bits per heavy atom. The Labute approximate surface area is 111 Å². The van der Waals surface area contributed by atoms with Crippen LogP contribution in [0.2, 0.25) is 0 Å². The molecule has 0 spiro atoms. The summed E-state index contributed by atoms with van der Waals surface area (Å²) in [7, 11) is 0. The van der Waals surface area contributed by atoms with E-state index in [1.807, 2.05) is 24.3 Å². The van der Waals surface area contributed by atoms with Crippen LogP contribution in [0.3, 0.4) is 0 Å². The highest BCUT2D eigenvalue weighted by Crippen LogP contribution is 2.41. The van der Waals surface area contributed by atoms with E-state index in [1.165, 1.54) is 5.56 Å². The molecule has 1 heterocycles. The van der Waals surface area contributed by atoms with Gasteiger partial charge in [0.2, 0.25) is 0 Å². The maximum Gasteiger partial charge on any atom is 0.125 e. The number of aromatic hydroxyl groups is 1. The SMILES string of the molecule is Cl.Oc1cc2c(c3ccccc13)C(CCl)CN2. The van der Waals surface area contributed by atoms with Crippen molar-refractivity contribution in [3.8, 4) is 5.75 Å². The summed E-state index contributed by atoms with van der Waals surface area (Å²) >= 11 is 5.97. The molecule has 1 aliphatic rings. The molecular formula is C13H13Cl2NO. The van der Waals surface area contributed by atoms with Crippen molar-refractivity contribution < 1.29 is 5.11 Å². The molecule has 0 amide bonds. The van der Waals surface area contributed by atoms with Crippen molar-refractivity contribution in [3.05, 3.63) is 35.9 Å². The summed E-state index contributed by atoms with van der Waals surface area (Å²) < 4.78 is 0. The fraction of sp³-hybridized carbons (Fsp3) is 0.231. The Kier molecular flexibility index (Phi) is 3.36. The highest BCUT2D eigenvalue weighted by atomic mass is 35.5. The quantitative estimate of drug-likeness (QED) is 0.774. The fourth-order valence-corrected chi connectivity index (χ4v) is 2.70. The number of hydrogen-bond donors (Lipinski definition) is 2. The zero-order chi connectivity index (χ0) is 11.1. The first-order valence-corrected chi connectivity index (χ1v) is 5.89. The van der Waals surface area contributed by atoms with Gasteiger partial charge >= 0.3 is 0 Å². The van der Waals surface area contributed by atoms with E-state index in [0.29, 0.717) is 17.5 Å². The molecular weight excluding hydrogens is 257 g/mol. The lowest BCUT2D eigenvalue weighted by atomic mass is 9.95. The van der Waals surface area contributed by atoms with E-state index in [-0.39, 0.29) is 12.4 Å². The van der Waals surface area contributed by atoms with E-state index < -0.39 is 0 Å². The summed E-state index contributed by atoms with van der Waals surface area (Å²) in [4.78, 5) is 0. The largest absolute Gasteiger partial charge is 0.507 e. The summed E-state index contributed by atoms with van der Waals surface area (Å²) in [6.07, 6.45) is 0. The van der Waals surface area contributed by atoms with Crippen molar-refractivity contribution in [3.63, 3.8) is 0 Å². The van der Waals surface area contributed by atoms with Gasteiger partial charge in [-0.05, 0) is 10.9 Å². The fourth-order valence-electron chi connectivity index (χ4n) is 2.43. The number of phenolic OH excluding ortho intramolecular Hbond substituents is 1. The van der Waals surface area contributed by atoms with E-state index in [9.17, 15) is 5.11 Å². The molecule has 2 nitrogen and oxygen atoms in total. The van der Waals surface area contributed by atoms with E-state index >= 15 is 0 Å². The number of alkyl halides is 1. The Balaban J connectivity index is 0.00000108. The van der Waals surface area contributed by atoms with Gasteiger partial charge in [-0.3, -0.25) is 0 Å². The van der Waals surface area contributed by atoms with E-state index in [0.717, 1.165) is 23.0 Å². The van der Waals surface area contributed by atoms with Gasteiger partial charge in [0.15, 0.2) is 0 Å². The van der Waals surface area contributed by atoms with Crippen molar-refractivity contribution in [2.75, 3.05) is 17.7 Å². The van der Waals surface area contributed by atoms with Crippen LogP contribution in [0, 0.1) is 0 Å². The van der Waals surface area contributed by atoms with E-state index in [4.69, 9.17) is 11.6 Å². The molecule has 90 valence electrons. The van der Waals surface area contributed by atoms with E-state index in [1.54, 1.807) is 6.07 Å². The van der Waals surface area contributed by atoms with Gasteiger partial charge < -0.3 is 10.4 Å². The maximum atomic E-state index is 9.92. The highest BCUT2D eigenvalue weighted by Gasteiger charge is 2.24. The zero-order valence-electron chi connectivity index (χ0n) is 9.11. The summed E-state index contributed by atoms with van der Waals surface area (Å²) in [5.74, 6) is 1.27. The van der Waals surface area contributed by atoms with Crippen LogP contribution in [0.15, 0.2) is 30.3 Å². The first kappa shape index (κ1) is 12.3. The molecule has 0 fully saturated rings. The van der Waals surface area contributed by atoms with Crippen LogP contribution in [0.4, 0.5) is 5.69 Å². The third kappa shape index (κ3) is 1.81. The molecule has 1 atom stereocenters. The number of hydrogen-bond acceptors (Lipinski definition) is 2. The molecule has 0 saturated heterocycles. The van der Waals surface area contributed by atoms with Gasteiger partial charge in [-0.2, -0.15) is 0 Å². The van der Waals surface area contributed by atoms with Crippen LogP contribution in [0.25, 0.3) is 10.8 Å². The minimum absolute atomic E-state index is 0. The molecule has 0 aliphatic carbocycles. The number of phenols is 1. The van der Waals surface area contributed by atoms with E-state index in [2.05, 4.69) is 5.32 Å². The van der Waals surface area contributed by atoms with Crippen LogP contribution >= 0.6 is 24.0 Å². The first-order valence-electron chi connectivity index (χ1n) is 5.35. The normalized spacial score (nSPS) is 17.4. The molecule has 0 bridgehead atoms. The average Bonchev–Trinajstić information content (AvgIpc) is 2.72. The Hall–Kier alpha value is -1.12. The topological polar surface area (TPSA) is 32.3 Å². The second-order valence-electron chi connectivity index (χ2n) is 4.13. The zero-order valence-corrected chi connectivity index (χ0v) is 10.7. The van der Waals surface area contributed by atoms with Crippen LogP contribution in [-0.4, -0.2) is 17.5 Å². The lowest BCUT2D eigenvalue weighted by Crippen LogP contribution is -2.02. The van der Waals surface area contributed by atoms with Gasteiger partial charge in [0.05, 0.1) is 0 Å². The summed E-state index contributed by atoms with van der Waals surface area (Å²) in [6.45, 7) is 0.853. The van der Waals surface area contributed by atoms with Crippen molar-refractivity contribution in [1.29, 1.82) is 0 Å². The predicted molar refractivity (Wildman–Crippen MR) is 74.8 cm³/mol. The number of halogens is 2. The smallest absolute Gasteiger partial charge is 0.125 e. The van der Waals surface area contributed by atoms with Crippen molar-refractivity contribution in [1.82, 2.24) is 0 Å². The molecule has 3 rings (SSSR count). The third-order valence-electron chi connectivity index (χ3n) is 3.20. The monoisotopic (exact) mass is 269 g/mol. The molecule has 1 aliphatic heterocycles. The number of anilines is 1. The number of fused-ring (bicyclic) bond motifs is 3. The summed E-state index contributed by atoms with van der Waals surface area (Å²) in [5.41, 5.74) is 2.25. The van der Waals surface area contributed by atoms with Gasteiger partial charge in [-0.15, -0.1) is 24.0 Å². The highest BCUT2D eigenvalue weighted by molar-refractivity contribution is 6.18. The van der Waals surface area contributed by atoms with Crippen molar-refractivity contribution >= 4 is 40.5 Å². The van der Waals surface area contributed by atoms with Crippen molar-refractivity contribution in [2.24, 2.45) is 0 Å². The molecule has 0 saturated carbocycles. The molecule has 2 aromatic rings. The lowest BCUT2D eigenvalue weighted by Gasteiger charge is -2.10. The first-order chi connectivity index (χ1) is 7.81. The Bertz CT molecular complexity index is 556. The molecule has 0 aromatic heterocycles. The maximum absolute atomic E-state index is 9.92. The summed E-state index contributed by atoms with van der Waals surface area (Å²) in [5, 5.41) is 15.2. The number of rotatable bonds is 1. The number of nitrogens with one attached hydrogen (secondary N) is 1. The molecule has 2 aromatic carbocycles. The minimum Gasteiger partial charge on any atom is -0.507 e. The van der Waals surface area contributed by atoms with Gasteiger partial charge in [-0.25, -0.2) is 0 Å². The van der Waals surface area contributed by atoms with Crippen LogP contribution in [0.5, 0.6) is 5.75 Å². The standard InChI is InChI=1S/C13H12ClNO.ClH/c14-6-8-7-15-11-5-12(16)9-3-1-2-4-10(9)13(8)11;/h1-5,8,15-16H,6-7H2;1H. The van der Waals surface area contributed by atoms with Crippen LogP contribution in [-0.2, 0) is 0 Å². The second-order valence-corrected chi connectivity index (χ2v) is 4.44. The van der Waals surface area contributed by atoms with Gasteiger partial charge in [-0.1, -0.05) is 24.3 Å². The van der Waals surface area contributed by atoms with Crippen molar-refractivity contribution in [2.45, 2.75) is 5.92 Å². The van der Waals surface area contributed by atoms with Crippen LogP contribution in [0.1, 0.15) is 11.5 Å². The third-order valence-corrected chi connectivity index (χ3v) is 3.57. The van der Waals surface area contributed by atoms with Crippen LogP contribution < -0.4 is 5.32 Å². The Morgan fingerprint density at radius 2 is 2.00 bits per heavy atom. The number of benzene rings is 2. The molecule has 1 unspecified atom stereocenters. The second kappa shape index (κ2) is 4.63. The molecule has 2 N–H and O–H groups in total. The Morgan fingerprint density at radius 3 is 2.71 bits per heavy atom. The van der Waals surface area contributed by atoms with Gasteiger partial charge in [0.1, 0.15) is 5.75 Å². The minimum atomic E-state index is 0. The van der Waals surface area contributed by atoms with Gasteiger partial charge in [0, 0.05) is 35.5 Å². The molecule has 17 heavy (non-hydrogen) atoms. The predicted octanol–water partition coefficient (Wildman–Crippen LogP) is 3.72. The average molecular weight is 270 g/mol. The molecule has 0 radical (unpaired) electrons. The van der Waals surface area contributed by atoms with Gasteiger partial charge in [0.25, 0.3) is 0 Å². The molecule has 4 heteroatoms. The summed E-state index contributed by atoms with van der Waals surface area (Å²) in [6, 6.07) is 9.71.